The van der Waals surface area contributed by atoms with Crippen LogP contribution in [0.2, 0.25) is 0 Å². The highest BCUT2D eigenvalue weighted by molar-refractivity contribution is 5.36. The van der Waals surface area contributed by atoms with Crippen LogP contribution in [0.25, 0.3) is 0 Å². The van der Waals surface area contributed by atoms with Gasteiger partial charge in [0, 0.05) is 11.8 Å². The van der Waals surface area contributed by atoms with Gasteiger partial charge >= 0.3 is 0 Å². The number of ether oxygens (including phenoxy) is 1. The summed E-state index contributed by atoms with van der Waals surface area (Å²) < 4.78 is 10.9. The Labute approximate surface area is 120 Å². The number of pyridine rings is 1. The van der Waals surface area contributed by atoms with Crippen LogP contribution in [0.3, 0.4) is 0 Å². The van der Waals surface area contributed by atoms with Crippen molar-refractivity contribution in [1.29, 1.82) is 0 Å². The third kappa shape index (κ3) is 3.20. The molecule has 1 N–H and O–H groups in total. The summed E-state index contributed by atoms with van der Waals surface area (Å²) in [6, 6.07) is 4.18. The number of hydrogen-bond donors (Lipinski definition) is 1. The first-order valence-electron chi connectivity index (χ1n) is 6.95. The van der Waals surface area contributed by atoms with Gasteiger partial charge in [0.1, 0.15) is 17.3 Å². The summed E-state index contributed by atoms with van der Waals surface area (Å²) in [5, 5.41) is 3.55. The molecule has 1 atom stereocenters. The number of aromatic nitrogens is 1. The summed E-state index contributed by atoms with van der Waals surface area (Å²) >= 11 is 0. The smallest absolute Gasteiger partial charge is 0.137 e. The Morgan fingerprint density at radius 3 is 2.70 bits per heavy atom. The normalized spacial score (nSPS) is 12.4. The molecule has 0 aliphatic carbocycles. The second-order valence-electron chi connectivity index (χ2n) is 4.91. The van der Waals surface area contributed by atoms with Crippen LogP contribution in [0.15, 0.2) is 28.9 Å². The molecule has 0 aliphatic rings. The first-order chi connectivity index (χ1) is 9.65. The lowest BCUT2D eigenvalue weighted by Gasteiger charge is -2.18. The van der Waals surface area contributed by atoms with Gasteiger partial charge in [-0.05, 0) is 44.5 Å². The van der Waals surface area contributed by atoms with Gasteiger partial charge in [0.2, 0.25) is 0 Å². The number of rotatable bonds is 6. The molecule has 2 rings (SSSR count). The third-order valence-corrected chi connectivity index (χ3v) is 3.29. The van der Waals surface area contributed by atoms with Gasteiger partial charge in [-0.3, -0.25) is 4.98 Å². The molecule has 108 valence electrons. The molecule has 2 aromatic heterocycles. The standard InChI is InChI=1S/C16H22N2O2/c1-5-6-18-16(15-7-11(2)20-12(15)3)13-8-14(19-4)10-17-9-13/h7-10,16,18H,5-6H2,1-4H3. The van der Waals surface area contributed by atoms with Crippen molar-refractivity contribution < 1.29 is 9.15 Å². The Bertz CT molecular complexity index is 563. The Kier molecular flexibility index (Phi) is 4.79. The highest BCUT2D eigenvalue weighted by Crippen LogP contribution is 2.28. The van der Waals surface area contributed by atoms with Crippen LogP contribution < -0.4 is 10.1 Å². The van der Waals surface area contributed by atoms with E-state index in [1.54, 1.807) is 13.3 Å². The molecule has 0 saturated heterocycles. The monoisotopic (exact) mass is 274 g/mol. The molecular formula is C16H22N2O2. The summed E-state index contributed by atoms with van der Waals surface area (Å²) in [6.45, 7) is 7.06. The topological polar surface area (TPSA) is 47.3 Å². The maximum absolute atomic E-state index is 5.66. The predicted molar refractivity (Wildman–Crippen MR) is 79.1 cm³/mol. The van der Waals surface area contributed by atoms with Crippen molar-refractivity contribution in [2.24, 2.45) is 0 Å². The highest BCUT2D eigenvalue weighted by atomic mass is 16.5. The van der Waals surface area contributed by atoms with Crippen molar-refractivity contribution in [3.63, 3.8) is 0 Å². The minimum Gasteiger partial charge on any atom is -0.495 e. The molecule has 4 nitrogen and oxygen atoms in total. The molecule has 20 heavy (non-hydrogen) atoms. The fourth-order valence-electron chi connectivity index (χ4n) is 2.34. The van der Waals surface area contributed by atoms with Gasteiger partial charge in [0.05, 0.1) is 19.3 Å². The lowest BCUT2D eigenvalue weighted by atomic mass is 10.00. The third-order valence-electron chi connectivity index (χ3n) is 3.29. The first-order valence-corrected chi connectivity index (χ1v) is 6.95. The van der Waals surface area contributed by atoms with Crippen molar-refractivity contribution in [3.8, 4) is 5.75 Å². The molecule has 0 saturated carbocycles. The van der Waals surface area contributed by atoms with Crippen molar-refractivity contribution >= 4 is 0 Å². The van der Waals surface area contributed by atoms with Crippen molar-refractivity contribution in [2.45, 2.75) is 33.2 Å². The molecule has 0 radical (unpaired) electrons. The van der Waals surface area contributed by atoms with Gasteiger partial charge in [0.25, 0.3) is 0 Å². The average Bonchev–Trinajstić information content (AvgIpc) is 2.78. The van der Waals surface area contributed by atoms with Gasteiger partial charge in [0.15, 0.2) is 0 Å². The molecule has 1 unspecified atom stereocenters. The summed E-state index contributed by atoms with van der Waals surface area (Å²) in [5.41, 5.74) is 2.24. The van der Waals surface area contributed by atoms with Gasteiger partial charge in [-0.1, -0.05) is 6.92 Å². The van der Waals surface area contributed by atoms with Crippen LogP contribution in [0.1, 0.15) is 42.0 Å². The molecule has 0 fully saturated rings. The van der Waals surface area contributed by atoms with Crippen molar-refractivity contribution in [2.75, 3.05) is 13.7 Å². The van der Waals surface area contributed by atoms with E-state index in [2.05, 4.69) is 23.3 Å². The van der Waals surface area contributed by atoms with Crippen LogP contribution in [0, 0.1) is 13.8 Å². The minimum absolute atomic E-state index is 0.0787. The second-order valence-corrected chi connectivity index (χ2v) is 4.91. The minimum atomic E-state index is 0.0787. The molecule has 2 heterocycles. The van der Waals surface area contributed by atoms with Crippen LogP contribution in [-0.2, 0) is 0 Å². The zero-order valence-corrected chi connectivity index (χ0v) is 12.6. The largest absolute Gasteiger partial charge is 0.495 e. The van der Waals surface area contributed by atoms with E-state index in [4.69, 9.17) is 9.15 Å². The molecule has 0 spiro atoms. The highest BCUT2D eigenvalue weighted by Gasteiger charge is 2.19. The van der Waals surface area contributed by atoms with E-state index in [-0.39, 0.29) is 6.04 Å². The first kappa shape index (κ1) is 14.6. The molecule has 0 aliphatic heterocycles. The fraction of sp³-hybridized carbons (Fsp3) is 0.438. The number of aryl methyl sites for hydroxylation is 2. The Balaban J connectivity index is 2.38. The SMILES string of the molecule is CCCNC(c1cncc(OC)c1)c1cc(C)oc1C. The van der Waals surface area contributed by atoms with Crippen LogP contribution in [0.4, 0.5) is 0 Å². The maximum atomic E-state index is 5.66. The number of furan rings is 1. The lowest BCUT2D eigenvalue weighted by Crippen LogP contribution is -2.23. The molecule has 4 heteroatoms. The molecule has 0 amide bonds. The van der Waals surface area contributed by atoms with Gasteiger partial charge in [-0.2, -0.15) is 0 Å². The summed E-state index contributed by atoms with van der Waals surface area (Å²) in [5.74, 6) is 2.64. The summed E-state index contributed by atoms with van der Waals surface area (Å²) in [7, 11) is 1.66. The van der Waals surface area contributed by atoms with Gasteiger partial charge in [-0.25, -0.2) is 0 Å². The molecular weight excluding hydrogens is 252 g/mol. The maximum Gasteiger partial charge on any atom is 0.137 e. The Morgan fingerprint density at radius 2 is 2.10 bits per heavy atom. The second kappa shape index (κ2) is 6.57. The average molecular weight is 274 g/mol. The van der Waals surface area contributed by atoms with Crippen LogP contribution in [-0.4, -0.2) is 18.6 Å². The molecule has 0 bridgehead atoms. The zero-order valence-electron chi connectivity index (χ0n) is 12.6. The predicted octanol–water partition coefficient (Wildman–Crippen LogP) is 3.39. The van der Waals surface area contributed by atoms with Crippen molar-refractivity contribution in [3.05, 3.63) is 47.2 Å². The quantitative estimate of drug-likeness (QED) is 0.877. The van der Waals surface area contributed by atoms with Gasteiger partial charge in [-0.15, -0.1) is 0 Å². The Morgan fingerprint density at radius 1 is 1.30 bits per heavy atom. The summed E-state index contributed by atoms with van der Waals surface area (Å²) in [4.78, 5) is 4.25. The van der Waals surface area contributed by atoms with E-state index in [1.807, 2.05) is 26.1 Å². The van der Waals surface area contributed by atoms with E-state index < -0.39 is 0 Å². The number of hydrogen-bond acceptors (Lipinski definition) is 4. The zero-order chi connectivity index (χ0) is 14.5. The number of nitrogens with one attached hydrogen (secondary N) is 1. The van der Waals surface area contributed by atoms with E-state index >= 15 is 0 Å². The van der Waals surface area contributed by atoms with E-state index in [0.717, 1.165) is 41.4 Å². The number of nitrogens with zero attached hydrogens (tertiary/aromatic N) is 1. The van der Waals surface area contributed by atoms with E-state index in [9.17, 15) is 0 Å². The van der Waals surface area contributed by atoms with E-state index in [1.165, 1.54) is 0 Å². The Hall–Kier alpha value is -1.81. The van der Waals surface area contributed by atoms with Crippen molar-refractivity contribution in [1.82, 2.24) is 10.3 Å². The van der Waals surface area contributed by atoms with Crippen LogP contribution >= 0.6 is 0 Å². The van der Waals surface area contributed by atoms with Gasteiger partial charge < -0.3 is 14.5 Å². The lowest BCUT2D eigenvalue weighted by molar-refractivity contribution is 0.411. The fourth-order valence-corrected chi connectivity index (χ4v) is 2.34. The molecule has 2 aromatic rings. The van der Waals surface area contributed by atoms with Crippen LogP contribution in [0.5, 0.6) is 5.75 Å². The van der Waals surface area contributed by atoms with E-state index in [0.29, 0.717) is 0 Å². The molecule has 0 aromatic carbocycles. The summed E-state index contributed by atoms with van der Waals surface area (Å²) in [6.07, 6.45) is 4.66. The number of methoxy groups -OCH3 is 1.